The molecule has 1 N–H and O–H groups in total. The molecule has 86 valence electrons. The Morgan fingerprint density at radius 2 is 2.19 bits per heavy atom. The predicted octanol–water partition coefficient (Wildman–Crippen LogP) is 1.96. The number of fused-ring (bicyclic) bond motifs is 1. The third-order valence-electron chi connectivity index (χ3n) is 3.44. The highest BCUT2D eigenvalue weighted by molar-refractivity contribution is 5.44. The van der Waals surface area contributed by atoms with Gasteiger partial charge in [0.1, 0.15) is 0 Å². The summed E-state index contributed by atoms with van der Waals surface area (Å²) in [7, 11) is 0. The maximum absolute atomic E-state index is 5.38. The molecule has 0 saturated carbocycles. The fraction of sp³-hybridized carbons (Fsp3) is 0.538. The first-order chi connectivity index (χ1) is 7.92. The lowest BCUT2D eigenvalue weighted by Gasteiger charge is -2.08. The van der Waals surface area contributed by atoms with Gasteiger partial charge in [0.05, 0.1) is 0 Å². The van der Waals surface area contributed by atoms with Crippen LogP contribution in [0.2, 0.25) is 0 Å². The number of nitrogens with one attached hydrogen (secondary N) is 1. The number of benzene rings is 1. The van der Waals surface area contributed by atoms with Crippen LogP contribution in [-0.4, -0.2) is 19.9 Å². The van der Waals surface area contributed by atoms with E-state index in [9.17, 15) is 0 Å². The van der Waals surface area contributed by atoms with Crippen molar-refractivity contribution >= 4 is 0 Å². The first kappa shape index (κ1) is 9.97. The molecule has 1 saturated heterocycles. The molecule has 0 radical (unpaired) electrons. The topological polar surface area (TPSA) is 30.5 Å². The van der Waals surface area contributed by atoms with E-state index in [1.807, 2.05) is 6.07 Å². The molecule has 0 aromatic heterocycles. The SMILES string of the molecule is c1cc2c(cc1CCC1CCNC1)OCO2. The van der Waals surface area contributed by atoms with Crippen molar-refractivity contribution in [1.29, 1.82) is 0 Å². The molecule has 0 spiro atoms. The zero-order chi connectivity index (χ0) is 10.8. The van der Waals surface area contributed by atoms with Gasteiger partial charge in [-0.25, -0.2) is 0 Å². The summed E-state index contributed by atoms with van der Waals surface area (Å²) in [6.07, 6.45) is 3.74. The average molecular weight is 219 g/mol. The maximum atomic E-state index is 5.38. The Bertz CT molecular complexity index is 372. The van der Waals surface area contributed by atoms with E-state index in [0.717, 1.165) is 23.8 Å². The molecule has 2 aliphatic heterocycles. The van der Waals surface area contributed by atoms with Crippen molar-refractivity contribution in [3.63, 3.8) is 0 Å². The van der Waals surface area contributed by atoms with Crippen LogP contribution >= 0.6 is 0 Å². The van der Waals surface area contributed by atoms with Crippen molar-refractivity contribution in [3.8, 4) is 11.5 Å². The zero-order valence-electron chi connectivity index (χ0n) is 9.37. The highest BCUT2D eigenvalue weighted by Crippen LogP contribution is 2.33. The molecule has 0 aliphatic carbocycles. The second-order valence-corrected chi connectivity index (χ2v) is 4.59. The summed E-state index contributed by atoms with van der Waals surface area (Å²) >= 11 is 0. The molecular formula is C13H17NO2. The number of hydrogen-bond donors (Lipinski definition) is 1. The van der Waals surface area contributed by atoms with Gasteiger partial charge in [-0.15, -0.1) is 0 Å². The van der Waals surface area contributed by atoms with Crippen molar-refractivity contribution < 1.29 is 9.47 Å². The summed E-state index contributed by atoms with van der Waals surface area (Å²) in [6, 6.07) is 6.28. The second-order valence-electron chi connectivity index (χ2n) is 4.59. The molecule has 1 unspecified atom stereocenters. The lowest BCUT2D eigenvalue weighted by atomic mass is 9.99. The third kappa shape index (κ3) is 2.00. The first-order valence-corrected chi connectivity index (χ1v) is 6.01. The number of ether oxygens (including phenoxy) is 2. The van der Waals surface area contributed by atoms with Crippen LogP contribution in [-0.2, 0) is 6.42 Å². The minimum atomic E-state index is 0.366. The van der Waals surface area contributed by atoms with Gasteiger partial charge in [-0.3, -0.25) is 0 Å². The highest BCUT2D eigenvalue weighted by atomic mass is 16.7. The first-order valence-electron chi connectivity index (χ1n) is 6.01. The van der Waals surface area contributed by atoms with Crippen molar-refractivity contribution in [3.05, 3.63) is 23.8 Å². The Morgan fingerprint density at radius 3 is 3.06 bits per heavy atom. The van der Waals surface area contributed by atoms with Crippen LogP contribution in [0.1, 0.15) is 18.4 Å². The lowest BCUT2D eigenvalue weighted by Crippen LogP contribution is -2.09. The van der Waals surface area contributed by atoms with Gasteiger partial charge in [0.25, 0.3) is 0 Å². The molecule has 16 heavy (non-hydrogen) atoms. The minimum absolute atomic E-state index is 0.366. The van der Waals surface area contributed by atoms with Crippen molar-refractivity contribution in [2.75, 3.05) is 19.9 Å². The van der Waals surface area contributed by atoms with Crippen LogP contribution in [0.5, 0.6) is 11.5 Å². The Kier molecular flexibility index (Phi) is 2.70. The average Bonchev–Trinajstić information content (AvgIpc) is 2.97. The lowest BCUT2D eigenvalue weighted by molar-refractivity contribution is 0.174. The molecule has 0 bridgehead atoms. The Morgan fingerprint density at radius 1 is 1.25 bits per heavy atom. The Labute approximate surface area is 95.8 Å². The zero-order valence-corrected chi connectivity index (χ0v) is 9.37. The van der Waals surface area contributed by atoms with Crippen LogP contribution in [0, 0.1) is 5.92 Å². The van der Waals surface area contributed by atoms with Gasteiger partial charge >= 0.3 is 0 Å². The largest absolute Gasteiger partial charge is 0.454 e. The molecule has 3 rings (SSSR count). The van der Waals surface area contributed by atoms with Crippen LogP contribution in [0.25, 0.3) is 0 Å². The summed E-state index contributed by atoms with van der Waals surface area (Å²) in [5.74, 6) is 2.64. The van der Waals surface area contributed by atoms with E-state index >= 15 is 0 Å². The van der Waals surface area contributed by atoms with Crippen molar-refractivity contribution in [2.45, 2.75) is 19.3 Å². The molecule has 2 heterocycles. The molecular weight excluding hydrogens is 202 g/mol. The van der Waals surface area contributed by atoms with Gasteiger partial charge in [0.15, 0.2) is 11.5 Å². The summed E-state index contributed by atoms with van der Waals surface area (Å²) < 4.78 is 10.7. The van der Waals surface area contributed by atoms with Gasteiger partial charge in [0.2, 0.25) is 6.79 Å². The predicted molar refractivity (Wildman–Crippen MR) is 61.9 cm³/mol. The van der Waals surface area contributed by atoms with Gasteiger partial charge in [-0.05, 0) is 56.0 Å². The van der Waals surface area contributed by atoms with E-state index in [1.54, 1.807) is 0 Å². The molecule has 0 amide bonds. The molecule has 3 heteroatoms. The summed E-state index contributed by atoms with van der Waals surface area (Å²) in [6.45, 7) is 2.74. The number of hydrogen-bond acceptors (Lipinski definition) is 3. The molecule has 1 atom stereocenters. The van der Waals surface area contributed by atoms with E-state index in [1.165, 1.54) is 31.5 Å². The molecule has 2 aliphatic rings. The van der Waals surface area contributed by atoms with E-state index in [2.05, 4.69) is 17.4 Å². The van der Waals surface area contributed by atoms with Gasteiger partial charge in [-0.2, -0.15) is 0 Å². The van der Waals surface area contributed by atoms with Gasteiger partial charge in [0, 0.05) is 0 Å². The Hall–Kier alpha value is -1.22. The van der Waals surface area contributed by atoms with Crippen LogP contribution in [0.3, 0.4) is 0 Å². The smallest absolute Gasteiger partial charge is 0.231 e. The summed E-state index contributed by atoms with van der Waals surface area (Å²) in [5.41, 5.74) is 1.36. The molecule has 3 nitrogen and oxygen atoms in total. The quantitative estimate of drug-likeness (QED) is 0.843. The van der Waals surface area contributed by atoms with E-state index in [-0.39, 0.29) is 0 Å². The van der Waals surface area contributed by atoms with Gasteiger partial charge < -0.3 is 14.8 Å². The number of rotatable bonds is 3. The summed E-state index contributed by atoms with van der Waals surface area (Å²) in [4.78, 5) is 0. The van der Waals surface area contributed by atoms with E-state index in [4.69, 9.17) is 9.47 Å². The Balaban J connectivity index is 1.61. The van der Waals surface area contributed by atoms with Crippen LogP contribution < -0.4 is 14.8 Å². The van der Waals surface area contributed by atoms with E-state index < -0.39 is 0 Å². The summed E-state index contributed by atoms with van der Waals surface area (Å²) in [5, 5.41) is 3.41. The third-order valence-corrected chi connectivity index (χ3v) is 3.44. The minimum Gasteiger partial charge on any atom is -0.454 e. The standard InChI is InChI=1S/C13H17NO2/c1(2-11-5-6-14-8-11)10-3-4-12-13(7-10)16-9-15-12/h3-4,7,11,14H,1-2,5-6,8-9H2. The normalized spacial score (nSPS) is 22.6. The van der Waals surface area contributed by atoms with Crippen LogP contribution in [0.15, 0.2) is 18.2 Å². The van der Waals surface area contributed by atoms with Crippen molar-refractivity contribution in [2.24, 2.45) is 5.92 Å². The fourth-order valence-corrected chi connectivity index (χ4v) is 2.43. The maximum Gasteiger partial charge on any atom is 0.231 e. The van der Waals surface area contributed by atoms with Crippen molar-refractivity contribution in [1.82, 2.24) is 5.32 Å². The number of aryl methyl sites for hydroxylation is 1. The fourth-order valence-electron chi connectivity index (χ4n) is 2.43. The van der Waals surface area contributed by atoms with Crippen LogP contribution in [0.4, 0.5) is 0 Å². The second kappa shape index (κ2) is 4.34. The molecule has 1 fully saturated rings. The van der Waals surface area contributed by atoms with Gasteiger partial charge in [-0.1, -0.05) is 6.07 Å². The molecule has 1 aromatic rings. The highest BCUT2D eigenvalue weighted by Gasteiger charge is 2.16. The monoisotopic (exact) mass is 219 g/mol. The van der Waals surface area contributed by atoms with E-state index in [0.29, 0.717) is 6.79 Å². The molecule has 1 aromatic carbocycles.